The lowest BCUT2D eigenvalue weighted by Crippen LogP contribution is -2.51. The first-order chi connectivity index (χ1) is 8.08. The van der Waals surface area contributed by atoms with Gasteiger partial charge < -0.3 is 15.2 Å². The Morgan fingerprint density at radius 1 is 1.53 bits per heavy atom. The Balaban J connectivity index is 2.50. The number of aromatic nitrogens is 1. The molecule has 0 saturated heterocycles. The molecule has 94 valence electrons. The van der Waals surface area contributed by atoms with Crippen LogP contribution in [0.2, 0.25) is 0 Å². The van der Waals surface area contributed by atoms with Gasteiger partial charge in [-0.05, 0) is 14.0 Å². The van der Waals surface area contributed by atoms with Gasteiger partial charge in [-0.1, -0.05) is 5.16 Å². The summed E-state index contributed by atoms with van der Waals surface area (Å²) in [6.07, 6.45) is 0. The summed E-state index contributed by atoms with van der Waals surface area (Å²) >= 11 is 0. The molecule has 0 aliphatic heterocycles. The summed E-state index contributed by atoms with van der Waals surface area (Å²) in [7, 11) is 1.43. The minimum Gasteiger partial charge on any atom is -0.361 e. The number of amides is 2. The molecule has 8 heteroatoms. The molecule has 1 atom stereocenters. The van der Waals surface area contributed by atoms with E-state index in [1.54, 1.807) is 13.0 Å². The molecule has 1 rings (SSSR count). The highest BCUT2D eigenvalue weighted by Crippen LogP contribution is 2.00. The van der Waals surface area contributed by atoms with Crippen molar-refractivity contribution in [3.05, 3.63) is 17.5 Å². The van der Waals surface area contributed by atoms with E-state index in [4.69, 9.17) is 9.73 Å². The number of hydroxylamine groups is 1. The minimum absolute atomic E-state index is 0.146. The smallest absolute Gasteiger partial charge is 0.270 e. The average Bonchev–Trinajstić information content (AvgIpc) is 2.73. The van der Waals surface area contributed by atoms with E-state index < -0.39 is 17.9 Å². The maximum Gasteiger partial charge on any atom is 0.270 e. The largest absolute Gasteiger partial charge is 0.361 e. The molecule has 0 aliphatic rings. The number of carbonyl (C=O) groups excluding carboxylic acids is 2. The van der Waals surface area contributed by atoms with Gasteiger partial charge in [-0.3, -0.25) is 14.8 Å². The van der Waals surface area contributed by atoms with Crippen LogP contribution in [0.3, 0.4) is 0 Å². The summed E-state index contributed by atoms with van der Waals surface area (Å²) in [6.45, 7) is 1.88. The molecular formula is C9H14N4O4. The first kappa shape index (κ1) is 13.1. The van der Waals surface area contributed by atoms with Crippen molar-refractivity contribution in [1.29, 1.82) is 0 Å². The second kappa shape index (κ2) is 5.97. The third kappa shape index (κ3) is 3.54. The zero-order valence-electron chi connectivity index (χ0n) is 9.48. The summed E-state index contributed by atoms with van der Waals surface area (Å²) in [5.74, 6) is -0.770. The monoisotopic (exact) mass is 242 g/mol. The number of aryl methyl sites for hydroxylation is 1. The maximum atomic E-state index is 11.6. The van der Waals surface area contributed by atoms with Crippen molar-refractivity contribution in [2.24, 2.45) is 0 Å². The van der Waals surface area contributed by atoms with E-state index in [0.29, 0.717) is 11.5 Å². The zero-order valence-corrected chi connectivity index (χ0v) is 9.48. The van der Waals surface area contributed by atoms with Gasteiger partial charge in [-0.2, -0.15) is 0 Å². The minimum atomic E-state index is -1.16. The van der Waals surface area contributed by atoms with Gasteiger partial charge >= 0.3 is 0 Å². The van der Waals surface area contributed by atoms with E-state index >= 15 is 0 Å². The quantitative estimate of drug-likeness (QED) is 0.289. The summed E-state index contributed by atoms with van der Waals surface area (Å²) in [6, 6.07) is 0.508. The molecule has 1 unspecified atom stereocenters. The van der Waals surface area contributed by atoms with Crippen molar-refractivity contribution in [3.8, 4) is 0 Å². The number of nitrogens with one attached hydrogen (secondary N) is 3. The number of nitrogens with zero attached hydrogens (tertiary/aromatic N) is 1. The van der Waals surface area contributed by atoms with Gasteiger partial charge in [0.05, 0.1) is 6.54 Å². The van der Waals surface area contributed by atoms with Gasteiger partial charge in [0.2, 0.25) is 5.91 Å². The van der Waals surface area contributed by atoms with Gasteiger partial charge in [-0.25, -0.2) is 5.48 Å². The van der Waals surface area contributed by atoms with Gasteiger partial charge in [0, 0.05) is 6.07 Å². The predicted octanol–water partition coefficient (Wildman–Crippen LogP) is -1.31. The molecule has 8 nitrogen and oxygen atoms in total. The molecule has 0 bridgehead atoms. The fraction of sp³-hybridized carbons (Fsp3) is 0.444. The van der Waals surface area contributed by atoms with Crippen molar-refractivity contribution < 1.29 is 19.3 Å². The van der Waals surface area contributed by atoms with Crippen LogP contribution >= 0.6 is 0 Å². The normalized spacial score (nSPS) is 11.9. The van der Waals surface area contributed by atoms with Gasteiger partial charge in [0.15, 0.2) is 6.04 Å². The topological polar surface area (TPSA) is 116 Å². The summed E-state index contributed by atoms with van der Waals surface area (Å²) in [5, 5.41) is 17.1. The third-order valence-corrected chi connectivity index (χ3v) is 2.04. The first-order valence-electron chi connectivity index (χ1n) is 4.89. The van der Waals surface area contributed by atoms with Gasteiger partial charge in [0.25, 0.3) is 5.91 Å². The van der Waals surface area contributed by atoms with Crippen LogP contribution in [-0.2, 0) is 16.1 Å². The highest BCUT2D eigenvalue weighted by Gasteiger charge is 2.24. The number of rotatable bonds is 5. The standard InChI is InChI=1S/C9H14N4O4/c1-5-3-6(13-17-5)4-11-8(14)7(10-2)9(15)12-16/h3,7,10,16H,4H2,1-2H3,(H,11,14)(H,12,15). The Morgan fingerprint density at radius 2 is 2.24 bits per heavy atom. The predicted molar refractivity (Wildman–Crippen MR) is 55.9 cm³/mol. The van der Waals surface area contributed by atoms with Crippen LogP contribution in [0.25, 0.3) is 0 Å². The van der Waals surface area contributed by atoms with E-state index in [1.807, 2.05) is 0 Å². The Hall–Kier alpha value is -1.93. The fourth-order valence-corrected chi connectivity index (χ4v) is 1.23. The molecule has 4 N–H and O–H groups in total. The molecule has 2 amide bonds. The molecule has 0 aromatic carbocycles. The van der Waals surface area contributed by atoms with Crippen LogP contribution in [0.5, 0.6) is 0 Å². The van der Waals surface area contributed by atoms with Gasteiger partial charge in [-0.15, -0.1) is 0 Å². The van der Waals surface area contributed by atoms with Crippen molar-refractivity contribution in [2.45, 2.75) is 19.5 Å². The lowest BCUT2D eigenvalue weighted by molar-refractivity contribution is -0.137. The van der Waals surface area contributed by atoms with Crippen molar-refractivity contribution in [2.75, 3.05) is 7.05 Å². The molecule has 0 aliphatic carbocycles. The molecule has 1 heterocycles. The van der Waals surface area contributed by atoms with Crippen LogP contribution in [0, 0.1) is 6.92 Å². The molecule has 1 aromatic heterocycles. The van der Waals surface area contributed by atoms with Crippen LogP contribution in [-0.4, -0.2) is 35.3 Å². The lowest BCUT2D eigenvalue weighted by Gasteiger charge is -2.12. The first-order valence-corrected chi connectivity index (χ1v) is 4.89. The molecule has 0 radical (unpaired) electrons. The Bertz CT molecular complexity index is 403. The van der Waals surface area contributed by atoms with Crippen LogP contribution in [0.1, 0.15) is 11.5 Å². The van der Waals surface area contributed by atoms with E-state index in [2.05, 4.69) is 15.8 Å². The lowest BCUT2D eigenvalue weighted by atomic mass is 10.2. The van der Waals surface area contributed by atoms with Crippen molar-refractivity contribution in [3.63, 3.8) is 0 Å². The van der Waals surface area contributed by atoms with Crippen LogP contribution < -0.4 is 16.1 Å². The highest BCUT2D eigenvalue weighted by atomic mass is 16.5. The van der Waals surface area contributed by atoms with E-state index in [-0.39, 0.29) is 6.54 Å². The van der Waals surface area contributed by atoms with E-state index in [0.717, 1.165) is 0 Å². The van der Waals surface area contributed by atoms with Crippen LogP contribution in [0.15, 0.2) is 10.6 Å². The molecule has 0 fully saturated rings. The maximum absolute atomic E-state index is 11.6. The second-order valence-corrected chi connectivity index (χ2v) is 3.34. The SMILES string of the molecule is CNC(C(=O)NO)C(=O)NCc1cc(C)on1. The molecule has 0 saturated carbocycles. The van der Waals surface area contributed by atoms with Gasteiger partial charge in [0.1, 0.15) is 11.5 Å². The van der Waals surface area contributed by atoms with Crippen molar-refractivity contribution in [1.82, 2.24) is 21.3 Å². The molecular weight excluding hydrogens is 228 g/mol. The number of hydrogen-bond donors (Lipinski definition) is 4. The molecule has 1 aromatic rings. The average molecular weight is 242 g/mol. The summed E-state index contributed by atoms with van der Waals surface area (Å²) in [5.41, 5.74) is 1.95. The summed E-state index contributed by atoms with van der Waals surface area (Å²) in [4.78, 5) is 22.6. The van der Waals surface area contributed by atoms with E-state index in [9.17, 15) is 9.59 Å². The number of carbonyl (C=O) groups is 2. The Morgan fingerprint density at radius 3 is 2.71 bits per heavy atom. The second-order valence-electron chi connectivity index (χ2n) is 3.34. The van der Waals surface area contributed by atoms with Crippen LogP contribution in [0.4, 0.5) is 0 Å². The molecule has 17 heavy (non-hydrogen) atoms. The molecule has 0 spiro atoms. The van der Waals surface area contributed by atoms with E-state index in [1.165, 1.54) is 12.5 Å². The third-order valence-electron chi connectivity index (χ3n) is 2.04. The number of hydrogen-bond acceptors (Lipinski definition) is 6. The van der Waals surface area contributed by atoms with Crippen molar-refractivity contribution >= 4 is 11.8 Å². The fourth-order valence-electron chi connectivity index (χ4n) is 1.23. The zero-order chi connectivity index (χ0) is 12.8. The summed E-state index contributed by atoms with van der Waals surface area (Å²) < 4.78 is 4.82. The Kier molecular flexibility index (Phi) is 4.61. The highest BCUT2D eigenvalue weighted by molar-refractivity contribution is 6.03. The Labute approximate surface area is 97.3 Å². The number of likely N-dealkylation sites (N-methyl/N-ethyl adjacent to an activating group) is 1.